The number of allylic oxidation sites excluding steroid dienone is 9. The van der Waals surface area contributed by atoms with E-state index in [1.165, 1.54) is 295 Å². The first-order valence-electron chi connectivity index (χ1n) is 40.0. The highest BCUT2D eigenvalue weighted by Gasteiger charge is 2.44. The van der Waals surface area contributed by atoms with E-state index in [9.17, 15) is 35.1 Å². The van der Waals surface area contributed by atoms with E-state index < -0.39 is 49.5 Å². The highest BCUT2D eigenvalue weighted by atomic mass is 16.7. The molecule has 0 saturated carbocycles. The summed E-state index contributed by atoms with van der Waals surface area (Å²) in [6.45, 7) is 4.14. The fraction of sp³-hybridized carbons (Fsp3) is 0.854. The van der Waals surface area contributed by atoms with Gasteiger partial charge in [-0.15, -0.1) is 0 Å². The summed E-state index contributed by atoms with van der Waals surface area (Å²) < 4.78 is 16.7. The van der Waals surface area contributed by atoms with Gasteiger partial charge in [0.25, 0.3) is 0 Å². The van der Waals surface area contributed by atoms with Gasteiger partial charge in [-0.2, -0.15) is 0 Å². The number of carbonyl (C=O) groups excluding carboxylic acids is 2. The second-order valence-electron chi connectivity index (χ2n) is 27.8. The molecule has 0 bridgehead atoms. The summed E-state index contributed by atoms with van der Waals surface area (Å²) in [5.74, 6) is -0.179. The monoisotopic (exact) mass is 1310 g/mol. The first-order valence-corrected chi connectivity index (χ1v) is 40.0. The molecule has 1 heterocycles. The Morgan fingerprint density at radius 2 is 0.774 bits per heavy atom. The minimum Gasteiger partial charge on any atom is -0.466 e. The van der Waals surface area contributed by atoms with Crippen LogP contribution in [0.3, 0.4) is 0 Å². The molecule has 93 heavy (non-hydrogen) atoms. The molecule has 0 spiro atoms. The number of nitrogens with one attached hydrogen (secondary N) is 1. The zero-order valence-corrected chi connectivity index (χ0v) is 60.7. The number of carbonyl (C=O) groups is 2. The van der Waals surface area contributed by atoms with Crippen LogP contribution < -0.4 is 5.32 Å². The molecule has 6 N–H and O–H groups in total. The van der Waals surface area contributed by atoms with E-state index in [0.29, 0.717) is 19.4 Å². The van der Waals surface area contributed by atoms with Crippen LogP contribution in [0.25, 0.3) is 0 Å². The maximum Gasteiger partial charge on any atom is 0.305 e. The van der Waals surface area contributed by atoms with E-state index in [2.05, 4.69) is 54.8 Å². The van der Waals surface area contributed by atoms with Gasteiger partial charge in [0, 0.05) is 12.8 Å². The van der Waals surface area contributed by atoms with Gasteiger partial charge in [0.2, 0.25) is 5.91 Å². The minimum absolute atomic E-state index is 0.0174. The number of amides is 1. The second kappa shape index (κ2) is 70.7. The summed E-state index contributed by atoms with van der Waals surface area (Å²) in [7, 11) is 0. The average Bonchev–Trinajstić information content (AvgIpc) is 1.10. The maximum absolute atomic E-state index is 13.0. The van der Waals surface area contributed by atoms with Crippen molar-refractivity contribution in [2.75, 3.05) is 19.8 Å². The standard InChI is InChI=1S/C82H151NO10/c1-3-5-7-9-11-13-14-15-16-17-37-41-44-47-50-54-58-62-66-70-78(87)91-71-67-63-59-55-51-48-45-42-39-36-34-32-30-28-26-24-22-20-18-19-21-23-25-27-29-31-33-35-38-40-43-46-49-53-57-61-65-69-77(86)83-74(75(85)68-64-60-56-52-12-10-8-6-4-2)73-92-82-81(90)80(89)79(88)76(72-84)93-82/h4,6,12,18,20,24,26,52,64,68,74-76,79-82,84-85,88-90H,3,5,7-11,13-17,19,21-23,25,27-51,53-63,65-67,69-73H2,1-2H3,(H,83,86)/b6-4+,20-18-,26-24-,52-12+,68-64+. The molecular weight excluding hydrogens is 1160 g/mol. The molecule has 544 valence electrons. The number of hydrogen-bond acceptors (Lipinski definition) is 10. The zero-order chi connectivity index (χ0) is 67.2. The molecule has 11 nitrogen and oxygen atoms in total. The predicted octanol–water partition coefficient (Wildman–Crippen LogP) is 21.6. The molecule has 1 amide bonds. The third-order valence-corrected chi connectivity index (χ3v) is 18.9. The molecule has 7 atom stereocenters. The Morgan fingerprint density at radius 1 is 0.419 bits per heavy atom. The highest BCUT2D eigenvalue weighted by Crippen LogP contribution is 2.24. The van der Waals surface area contributed by atoms with Gasteiger partial charge in [-0.05, 0) is 84.0 Å². The van der Waals surface area contributed by atoms with Gasteiger partial charge < -0.3 is 45.1 Å². The number of rotatable bonds is 71. The molecule has 11 heteroatoms. The molecule has 0 aromatic heterocycles. The van der Waals surface area contributed by atoms with Crippen LogP contribution in [0.5, 0.6) is 0 Å². The topological polar surface area (TPSA) is 175 Å². The molecule has 7 unspecified atom stereocenters. The van der Waals surface area contributed by atoms with Gasteiger partial charge in [0.05, 0.1) is 32.0 Å². The normalized spacial score (nSPS) is 17.8. The number of unbranched alkanes of at least 4 members (excludes halogenated alkanes) is 50. The molecule has 1 rings (SSSR count). The van der Waals surface area contributed by atoms with Crippen molar-refractivity contribution in [2.45, 2.75) is 429 Å². The minimum atomic E-state index is -1.58. The van der Waals surface area contributed by atoms with Gasteiger partial charge in [-0.25, -0.2) is 0 Å². The van der Waals surface area contributed by atoms with Crippen molar-refractivity contribution in [3.05, 3.63) is 60.8 Å². The Balaban J connectivity index is 1.86. The van der Waals surface area contributed by atoms with E-state index in [0.717, 1.165) is 64.2 Å². The van der Waals surface area contributed by atoms with Crippen molar-refractivity contribution >= 4 is 11.9 Å². The van der Waals surface area contributed by atoms with Crippen LogP contribution >= 0.6 is 0 Å². The summed E-state index contributed by atoms with van der Waals surface area (Å²) in [6.07, 6.45) is 85.9. The largest absolute Gasteiger partial charge is 0.466 e. The second-order valence-corrected chi connectivity index (χ2v) is 27.8. The summed E-state index contributed by atoms with van der Waals surface area (Å²) in [5, 5.41) is 54.3. The maximum atomic E-state index is 13.0. The van der Waals surface area contributed by atoms with Crippen LogP contribution in [-0.4, -0.2) is 100 Å². The lowest BCUT2D eigenvalue weighted by atomic mass is 9.99. The van der Waals surface area contributed by atoms with E-state index in [4.69, 9.17) is 14.2 Å². The van der Waals surface area contributed by atoms with Crippen molar-refractivity contribution in [1.82, 2.24) is 5.32 Å². The number of ether oxygens (including phenoxy) is 3. The number of hydrogen-bond donors (Lipinski definition) is 6. The lowest BCUT2D eigenvalue weighted by Gasteiger charge is -2.40. The van der Waals surface area contributed by atoms with Crippen molar-refractivity contribution in [1.29, 1.82) is 0 Å². The van der Waals surface area contributed by atoms with Gasteiger partial charge in [-0.3, -0.25) is 9.59 Å². The summed E-state index contributed by atoms with van der Waals surface area (Å²) in [5.41, 5.74) is 0. The fourth-order valence-corrected chi connectivity index (χ4v) is 12.7. The predicted molar refractivity (Wildman–Crippen MR) is 393 cm³/mol. The van der Waals surface area contributed by atoms with Crippen molar-refractivity contribution in [2.24, 2.45) is 0 Å². The highest BCUT2D eigenvalue weighted by molar-refractivity contribution is 5.76. The van der Waals surface area contributed by atoms with Gasteiger partial charge in [0.1, 0.15) is 24.4 Å². The van der Waals surface area contributed by atoms with Gasteiger partial charge >= 0.3 is 5.97 Å². The molecule has 0 aromatic rings. The molecule has 1 aliphatic rings. The first kappa shape index (κ1) is 88.4. The molecule has 1 aliphatic heterocycles. The molecule has 1 fully saturated rings. The Kier molecular flexibility index (Phi) is 67.2. The van der Waals surface area contributed by atoms with Crippen molar-refractivity contribution < 1.29 is 49.3 Å². The molecule has 0 radical (unpaired) electrons. The third-order valence-electron chi connectivity index (χ3n) is 18.9. The van der Waals surface area contributed by atoms with E-state index in [1.807, 2.05) is 19.1 Å². The SMILES string of the molecule is C/C=C/CC/C=C/CC/C=C/C(O)C(COC1OC(CO)C(O)C(O)C1O)NC(=O)CCCCCCCCCCCCCCCCCCC/C=C\C/C=C\CCCCCCCCCCCCCCCOC(=O)CCCCCCCCCCCCCCCCCCCCC. The van der Waals surface area contributed by atoms with Crippen LogP contribution in [-0.2, 0) is 23.8 Å². The van der Waals surface area contributed by atoms with E-state index >= 15 is 0 Å². The average molecular weight is 1310 g/mol. The lowest BCUT2D eigenvalue weighted by Crippen LogP contribution is -2.60. The molecule has 1 saturated heterocycles. The van der Waals surface area contributed by atoms with E-state index in [-0.39, 0.29) is 18.5 Å². The smallest absolute Gasteiger partial charge is 0.305 e. The molecular formula is C82H151NO10. The molecule has 0 aromatic carbocycles. The van der Waals surface area contributed by atoms with Crippen LogP contribution in [0.1, 0.15) is 386 Å². The summed E-state index contributed by atoms with van der Waals surface area (Å²) in [6, 6.07) is -0.832. The van der Waals surface area contributed by atoms with Crippen LogP contribution in [0.15, 0.2) is 60.8 Å². The van der Waals surface area contributed by atoms with Gasteiger partial charge in [-0.1, -0.05) is 350 Å². The summed E-state index contributed by atoms with van der Waals surface area (Å²) >= 11 is 0. The van der Waals surface area contributed by atoms with Crippen molar-refractivity contribution in [3.8, 4) is 0 Å². The number of esters is 1. The van der Waals surface area contributed by atoms with Crippen molar-refractivity contribution in [3.63, 3.8) is 0 Å². The Bertz CT molecular complexity index is 1730. The van der Waals surface area contributed by atoms with E-state index in [1.54, 1.807) is 6.08 Å². The first-order chi connectivity index (χ1) is 45.7. The van der Waals surface area contributed by atoms with Crippen LogP contribution in [0.4, 0.5) is 0 Å². The van der Waals surface area contributed by atoms with Crippen LogP contribution in [0, 0.1) is 0 Å². The quantitative estimate of drug-likeness (QED) is 0.0195. The Morgan fingerprint density at radius 3 is 1.18 bits per heavy atom. The molecule has 0 aliphatic carbocycles. The third kappa shape index (κ3) is 59.2. The number of aliphatic hydroxyl groups excluding tert-OH is 5. The van der Waals surface area contributed by atoms with Crippen LogP contribution in [0.2, 0.25) is 0 Å². The zero-order valence-electron chi connectivity index (χ0n) is 60.7. The summed E-state index contributed by atoms with van der Waals surface area (Å²) in [4.78, 5) is 25.2. The lowest BCUT2D eigenvalue weighted by molar-refractivity contribution is -0.302. The fourth-order valence-electron chi connectivity index (χ4n) is 12.7. The van der Waals surface area contributed by atoms with Gasteiger partial charge in [0.15, 0.2) is 6.29 Å². The number of aliphatic hydroxyl groups is 5. The Hall–Kier alpha value is -2.64. The Labute approximate surface area is 573 Å².